The second-order valence-corrected chi connectivity index (χ2v) is 9.14. The fourth-order valence-electron chi connectivity index (χ4n) is 2.79. The van der Waals surface area contributed by atoms with Crippen LogP contribution in [-0.2, 0) is 23.0 Å². The molecule has 3 rings (SSSR count). The number of nitrogens with zero attached hydrogens (tertiary/aromatic N) is 1. The first-order valence-electron chi connectivity index (χ1n) is 8.38. The molecule has 0 spiro atoms. The minimum atomic E-state index is -3.59. The number of carbonyl (C=O) groups is 1. The largest absolute Gasteiger partial charge is 0.349 e. The minimum Gasteiger partial charge on any atom is -0.349 e. The monoisotopic (exact) mass is 378 g/mol. The van der Waals surface area contributed by atoms with E-state index in [4.69, 9.17) is 0 Å². The van der Waals surface area contributed by atoms with Crippen LogP contribution in [-0.4, -0.2) is 31.2 Å². The maximum absolute atomic E-state index is 12.9. The highest BCUT2D eigenvalue weighted by molar-refractivity contribution is 7.89. The summed E-state index contributed by atoms with van der Waals surface area (Å²) in [5.41, 5.74) is 2.25. The summed E-state index contributed by atoms with van der Waals surface area (Å²) >= 11 is 1.17. The number of rotatable bonds is 5. The Morgan fingerprint density at radius 1 is 1.32 bits per heavy atom. The summed E-state index contributed by atoms with van der Waals surface area (Å²) in [7, 11) is -3.59. The molecule has 2 aromatic rings. The van der Waals surface area contributed by atoms with Gasteiger partial charge in [0.25, 0.3) is 5.91 Å². The van der Waals surface area contributed by atoms with Crippen molar-refractivity contribution < 1.29 is 13.2 Å². The van der Waals surface area contributed by atoms with Gasteiger partial charge in [-0.25, -0.2) is 8.42 Å². The molecule has 1 aromatic heterocycles. The van der Waals surface area contributed by atoms with Crippen molar-refractivity contribution in [1.29, 1.82) is 0 Å². The van der Waals surface area contributed by atoms with Crippen LogP contribution >= 0.6 is 11.3 Å². The van der Waals surface area contributed by atoms with Gasteiger partial charge in [-0.3, -0.25) is 4.79 Å². The van der Waals surface area contributed by atoms with E-state index >= 15 is 0 Å². The normalized spacial score (nSPS) is 16.2. The molecule has 0 saturated heterocycles. The lowest BCUT2D eigenvalue weighted by Gasteiger charge is -2.27. The van der Waals surface area contributed by atoms with Gasteiger partial charge in [0.1, 0.15) is 0 Å². The van der Waals surface area contributed by atoms with Gasteiger partial charge in [-0.1, -0.05) is 31.2 Å². The number of fused-ring (bicyclic) bond motifs is 1. The first kappa shape index (κ1) is 18.1. The van der Waals surface area contributed by atoms with Crippen LogP contribution in [0.1, 0.15) is 41.1 Å². The van der Waals surface area contributed by atoms with Crippen LogP contribution in [0.15, 0.2) is 40.6 Å². The molecule has 1 aromatic carbocycles. The van der Waals surface area contributed by atoms with Crippen molar-refractivity contribution in [3.8, 4) is 0 Å². The fraction of sp³-hybridized carbons (Fsp3) is 0.389. The van der Waals surface area contributed by atoms with Gasteiger partial charge in [0.15, 0.2) is 0 Å². The molecule has 0 fully saturated rings. The molecule has 2 heterocycles. The van der Waals surface area contributed by atoms with Crippen LogP contribution in [0.3, 0.4) is 0 Å². The molecule has 5 nitrogen and oxygen atoms in total. The van der Waals surface area contributed by atoms with Crippen LogP contribution < -0.4 is 5.32 Å². The van der Waals surface area contributed by atoms with E-state index in [1.54, 1.807) is 5.38 Å². The zero-order valence-corrected chi connectivity index (χ0v) is 16.0. The molecule has 7 heteroatoms. The molecule has 0 unspecified atom stereocenters. The highest BCUT2D eigenvalue weighted by atomic mass is 32.2. The predicted octanol–water partition coefficient (Wildman–Crippen LogP) is 3.02. The summed E-state index contributed by atoms with van der Waals surface area (Å²) in [6, 6.07) is 9.46. The smallest absolute Gasteiger partial charge is 0.261 e. The molecular weight excluding hydrogens is 356 g/mol. The number of carbonyl (C=O) groups excluding carboxylic acids is 1. The van der Waals surface area contributed by atoms with Gasteiger partial charge in [0, 0.05) is 24.5 Å². The zero-order chi connectivity index (χ0) is 18.0. The van der Waals surface area contributed by atoms with Crippen LogP contribution in [0.2, 0.25) is 0 Å². The second kappa shape index (κ2) is 7.27. The van der Waals surface area contributed by atoms with E-state index in [2.05, 4.69) is 5.32 Å². The number of sulfonamides is 1. The molecule has 0 saturated carbocycles. The van der Waals surface area contributed by atoms with Crippen molar-refractivity contribution in [2.24, 2.45) is 0 Å². The summed E-state index contributed by atoms with van der Waals surface area (Å²) in [4.78, 5) is 12.8. The van der Waals surface area contributed by atoms with E-state index in [-0.39, 0.29) is 16.8 Å². The van der Waals surface area contributed by atoms with Crippen LogP contribution in [0, 0.1) is 0 Å². The number of amides is 1. The van der Waals surface area contributed by atoms with Crippen molar-refractivity contribution in [2.75, 3.05) is 6.54 Å². The Hall–Kier alpha value is -1.70. The average molecular weight is 379 g/mol. The number of benzene rings is 1. The average Bonchev–Trinajstić information content (AvgIpc) is 3.12. The quantitative estimate of drug-likeness (QED) is 0.870. The molecule has 25 heavy (non-hydrogen) atoms. The summed E-state index contributed by atoms with van der Waals surface area (Å²) in [5, 5.41) is 4.42. The molecule has 1 aliphatic rings. The lowest BCUT2D eigenvalue weighted by atomic mass is 10.0. The van der Waals surface area contributed by atoms with E-state index in [1.165, 1.54) is 27.3 Å². The Kier molecular flexibility index (Phi) is 5.27. The fourth-order valence-corrected chi connectivity index (χ4v) is 5.38. The minimum absolute atomic E-state index is 0.0632. The topological polar surface area (TPSA) is 66.5 Å². The number of hydrogen-bond acceptors (Lipinski definition) is 4. The molecule has 0 aliphatic carbocycles. The first-order valence-corrected chi connectivity index (χ1v) is 10.7. The van der Waals surface area contributed by atoms with E-state index < -0.39 is 10.0 Å². The molecule has 1 aliphatic heterocycles. The van der Waals surface area contributed by atoms with Crippen LogP contribution in [0.4, 0.5) is 0 Å². The first-order chi connectivity index (χ1) is 11.9. The van der Waals surface area contributed by atoms with Crippen molar-refractivity contribution in [3.05, 3.63) is 51.7 Å². The summed E-state index contributed by atoms with van der Waals surface area (Å²) in [5.74, 6) is -0.218. The van der Waals surface area contributed by atoms with E-state index in [0.29, 0.717) is 24.4 Å². The van der Waals surface area contributed by atoms with Crippen molar-refractivity contribution in [3.63, 3.8) is 0 Å². The Morgan fingerprint density at radius 3 is 2.76 bits per heavy atom. The number of hydrogen-bond donors (Lipinski definition) is 1. The van der Waals surface area contributed by atoms with Crippen LogP contribution in [0.25, 0.3) is 0 Å². The third-order valence-electron chi connectivity index (χ3n) is 4.52. The van der Waals surface area contributed by atoms with E-state index in [9.17, 15) is 13.2 Å². The molecule has 134 valence electrons. The van der Waals surface area contributed by atoms with Gasteiger partial charge in [-0.2, -0.15) is 4.31 Å². The van der Waals surface area contributed by atoms with Gasteiger partial charge < -0.3 is 5.32 Å². The maximum Gasteiger partial charge on any atom is 0.261 e. The maximum atomic E-state index is 12.9. The van der Waals surface area contributed by atoms with Crippen molar-refractivity contribution >= 4 is 27.3 Å². The predicted molar refractivity (Wildman–Crippen MR) is 99.3 cm³/mol. The Balaban J connectivity index is 1.79. The Bertz CT molecular complexity index is 874. The van der Waals surface area contributed by atoms with E-state index in [1.807, 2.05) is 38.1 Å². The number of nitrogens with one attached hydrogen (secondary N) is 1. The summed E-state index contributed by atoms with van der Waals surface area (Å²) in [6.07, 6.45) is 1.54. The van der Waals surface area contributed by atoms with Crippen molar-refractivity contribution in [2.45, 2.75) is 44.2 Å². The Labute approximate surface area is 152 Å². The summed E-state index contributed by atoms with van der Waals surface area (Å²) in [6.45, 7) is 4.75. The lowest BCUT2D eigenvalue weighted by Crippen LogP contribution is -2.35. The molecule has 1 atom stereocenters. The van der Waals surface area contributed by atoms with E-state index in [0.717, 1.165) is 12.0 Å². The molecule has 1 amide bonds. The molecule has 0 radical (unpaired) electrons. The lowest BCUT2D eigenvalue weighted by molar-refractivity contribution is 0.0943. The Morgan fingerprint density at radius 2 is 2.04 bits per heavy atom. The second-order valence-electron chi connectivity index (χ2n) is 6.29. The zero-order valence-electron chi connectivity index (χ0n) is 14.4. The van der Waals surface area contributed by atoms with Gasteiger partial charge in [-0.15, -0.1) is 11.3 Å². The van der Waals surface area contributed by atoms with Gasteiger partial charge in [0.2, 0.25) is 10.0 Å². The highest BCUT2D eigenvalue weighted by Gasteiger charge is 2.29. The molecular formula is C18H22N2O3S2. The molecule has 0 bridgehead atoms. The number of thiophene rings is 1. The molecule has 1 N–H and O–H groups in total. The SMILES string of the molecule is CC[C@H](C)NC(=O)c1cc(S(=O)(=O)N2CCc3ccccc3C2)cs1. The third-order valence-corrected chi connectivity index (χ3v) is 7.42. The van der Waals surface area contributed by atoms with Crippen molar-refractivity contribution in [1.82, 2.24) is 9.62 Å². The van der Waals surface area contributed by atoms with Gasteiger partial charge >= 0.3 is 0 Å². The van der Waals surface area contributed by atoms with Gasteiger partial charge in [-0.05, 0) is 37.0 Å². The highest BCUT2D eigenvalue weighted by Crippen LogP contribution is 2.27. The van der Waals surface area contributed by atoms with Crippen LogP contribution in [0.5, 0.6) is 0 Å². The summed E-state index contributed by atoms with van der Waals surface area (Å²) < 4.78 is 27.3. The standard InChI is InChI=1S/C18H22N2O3S2/c1-3-13(2)19-18(21)17-10-16(12-24-17)25(22,23)20-9-8-14-6-4-5-7-15(14)11-20/h4-7,10,12-13H,3,8-9,11H2,1-2H3,(H,19,21)/t13-/m0/s1. The third kappa shape index (κ3) is 3.78. The van der Waals surface area contributed by atoms with Gasteiger partial charge in [0.05, 0.1) is 9.77 Å².